The molecule has 0 saturated carbocycles. The van der Waals surface area contributed by atoms with E-state index in [0.717, 1.165) is 25.3 Å². The SMILES string of the molecule is COc1cccc(CCNCC(C)(C)C)c1. The van der Waals surface area contributed by atoms with Gasteiger partial charge in [0.05, 0.1) is 7.11 Å². The normalized spacial score (nSPS) is 11.5. The molecule has 90 valence electrons. The number of methoxy groups -OCH3 is 1. The first-order valence-corrected chi connectivity index (χ1v) is 5.85. The first-order chi connectivity index (χ1) is 7.51. The number of ether oxygens (including phenoxy) is 1. The van der Waals surface area contributed by atoms with Crippen LogP contribution in [0.3, 0.4) is 0 Å². The maximum atomic E-state index is 5.19. The van der Waals surface area contributed by atoms with E-state index in [1.807, 2.05) is 12.1 Å². The van der Waals surface area contributed by atoms with Crippen LogP contribution in [-0.4, -0.2) is 20.2 Å². The van der Waals surface area contributed by atoms with Crippen molar-refractivity contribution in [3.05, 3.63) is 29.8 Å². The summed E-state index contributed by atoms with van der Waals surface area (Å²) in [5, 5.41) is 3.47. The molecular formula is C14H23NO. The summed E-state index contributed by atoms with van der Waals surface area (Å²) in [7, 11) is 1.71. The topological polar surface area (TPSA) is 21.3 Å². The van der Waals surface area contributed by atoms with Gasteiger partial charge in [-0.05, 0) is 36.1 Å². The molecule has 0 amide bonds. The van der Waals surface area contributed by atoms with E-state index in [1.165, 1.54) is 5.56 Å². The first kappa shape index (κ1) is 13.0. The highest BCUT2D eigenvalue weighted by Gasteiger charge is 2.08. The zero-order valence-corrected chi connectivity index (χ0v) is 10.8. The van der Waals surface area contributed by atoms with Crippen LogP contribution in [0.25, 0.3) is 0 Å². The van der Waals surface area contributed by atoms with Gasteiger partial charge in [-0.1, -0.05) is 32.9 Å². The van der Waals surface area contributed by atoms with Gasteiger partial charge in [0.25, 0.3) is 0 Å². The predicted molar refractivity (Wildman–Crippen MR) is 69.0 cm³/mol. The van der Waals surface area contributed by atoms with E-state index in [4.69, 9.17) is 4.74 Å². The van der Waals surface area contributed by atoms with Crippen LogP contribution in [0.15, 0.2) is 24.3 Å². The monoisotopic (exact) mass is 221 g/mol. The maximum absolute atomic E-state index is 5.19. The largest absolute Gasteiger partial charge is 0.497 e. The summed E-state index contributed by atoms with van der Waals surface area (Å²) in [6.45, 7) is 8.80. The molecule has 0 bridgehead atoms. The summed E-state index contributed by atoms with van der Waals surface area (Å²) in [5.41, 5.74) is 1.68. The molecule has 1 aromatic carbocycles. The first-order valence-electron chi connectivity index (χ1n) is 5.85. The van der Waals surface area contributed by atoms with E-state index < -0.39 is 0 Å². The lowest BCUT2D eigenvalue weighted by molar-refractivity contribution is 0.381. The molecule has 1 rings (SSSR count). The van der Waals surface area contributed by atoms with Gasteiger partial charge >= 0.3 is 0 Å². The zero-order valence-electron chi connectivity index (χ0n) is 10.8. The number of rotatable bonds is 5. The Kier molecular flexibility index (Phi) is 4.81. The van der Waals surface area contributed by atoms with Crippen LogP contribution >= 0.6 is 0 Å². The smallest absolute Gasteiger partial charge is 0.119 e. The molecule has 0 saturated heterocycles. The molecule has 0 radical (unpaired) electrons. The highest BCUT2D eigenvalue weighted by molar-refractivity contribution is 5.28. The molecule has 1 aromatic rings. The van der Waals surface area contributed by atoms with Crippen molar-refractivity contribution in [2.45, 2.75) is 27.2 Å². The Morgan fingerprint density at radius 1 is 1.25 bits per heavy atom. The summed E-state index contributed by atoms with van der Waals surface area (Å²) < 4.78 is 5.19. The van der Waals surface area contributed by atoms with Crippen molar-refractivity contribution in [2.24, 2.45) is 5.41 Å². The van der Waals surface area contributed by atoms with Gasteiger partial charge in [0.1, 0.15) is 5.75 Å². The Morgan fingerprint density at radius 2 is 2.00 bits per heavy atom. The molecule has 2 nitrogen and oxygen atoms in total. The van der Waals surface area contributed by atoms with Gasteiger partial charge in [0.15, 0.2) is 0 Å². The average molecular weight is 221 g/mol. The van der Waals surface area contributed by atoms with Gasteiger partial charge in [-0.3, -0.25) is 0 Å². The predicted octanol–water partition coefficient (Wildman–Crippen LogP) is 2.87. The van der Waals surface area contributed by atoms with Crippen molar-refractivity contribution in [1.29, 1.82) is 0 Å². The molecule has 16 heavy (non-hydrogen) atoms. The quantitative estimate of drug-likeness (QED) is 0.772. The molecule has 0 aliphatic rings. The molecular weight excluding hydrogens is 198 g/mol. The third-order valence-corrected chi connectivity index (χ3v) is 2.38. The van der Waals surface area contributed by atoms with E-state index in [9.17, 15) is 0 Å². The number of nitrogens with one attached hydrogen (secondary N) is 1. The summed E-state index contributed by atoms with van der Waals surface area (Å²) in [6, 6.07) is 8.25. The molecule has 0 heterocycles. The summed E-state index contributed by atoms with van der Waals surface area (Å²) >= 11 is 0. The lowest BCUT2D eigenvalue weighted by Crippen LogP contribution is -2.28. The van der Waals surface area contributed by atoms with Crippen LogP contribution in [0.4, 0.5) is 0 Å². The average Bonchev–Trinajstić information content (AvgIpc) is 2.23. The second-order valence-electron chi connectivity index (χ2n) is 5.34. The van der Waals surface area contributed by atoms with Crippen LogP contribution in [0, 0.1) is 5.41 Å². The van der Waals surface area contributed by atoms with Gasteiger partial charge in [-0.2, -0.15) is 0 Å². The van der Waals surface area contributed by atoms with Crippen molar-refractivity contribution in [2.75, 3.05) is 20.2 Å². The Bertz CT molecular complexity index is 315. The Hall–Kier alpha value is -1.02. The zero-order chi connectivity index (χ0) is 12.0. The fourth-order valence-corrected chi connectivity index (χ4v) is 1.52. The molecule has 0 aromatic heterocycles. The highest BCUT2D eigenvalue weighted by Crippen LogP contribution is 2.13. The summed E-state index contributed by atoms with van der Waals surface area (Å²) in [4.78, 5) is 0. The Morgan fingerprint density at radius 3 is 2.62 bits per heavy atom. The van der Waals surface area contributed by atoms with Gasteiger partial charge in [0, 0.05) is 6.54 Å². The van der Waals surface area contributed by atoms with Crippen molar-refractivity contribution >= 4 is 0 Å². The fraction of sp³-hybridized carbons (Fsp3) is 0.571. The Labute approximate surface area is 99.0 Å². The van der Waals surface area contributed by atoms with Crippen molar-refractivity contribution in [3.63, 3.8) is 0 Å². The van der Waals surface area contributed by atoms with Gasteiger partial charge in [0.2, 0.25) is 0 Å². The number of benzene rings is 1. The van der Waals surface area contributed by atoms with Gasteiger partial charge in [-0.25, -0.2) is 0 Å². The van der Waals surface area contributed by atoms with E-state index in [-0.39, 0.29) is 0 Å². The molecule has 0 aliphatic heterocycles. The molecule has 1 N–H and O–H groups in total. The van der Waals surface area contributed by atoms with Crippen molar-refractivity contribution in [1.82, 2.24) is 5.32 Å². The van der Waals surface area contributed by atoms with E-state index in [1.54, 1.807) is 7.11 Å². The van der Waals surface area contributed by atoms with E-state index in [2.05, 4.69) is 38.2 Å². The molecule has 0 fully saturated rings. The minimum absolute atomic E-state index is 0.356. The maximum Gasteiger partial charge on any atom is 0.119 e. The molecule has 0 spiro atoms. The van der Waals surface area contributed by atoms with Gasteiger partial charge in [-0.15, -0.1) is 0 Å². The Balaban J connectivity index is 2.32. The third-order valence-electron chi connectivity index (χ3n) is 2.38. The number of hydrogen-bond acceptors (Lipinski definition) is 2. The fourth-order valence-electron chi connectivity index (χ4n) is 1.52. The van der Waals surface area contributed by atoms with Crippen LogP contribution in [-0.2, 0) is 6.42 Å². The van der Waals surface area contributed by atoms with Gasteiger partial charge < -0.3 is 10.1 Å². The summed E-state index contributed by atoms with van der Waals surface area (Å²) in [6.07, 6.45) is 1.05. The third kappa shape index (κ3) is 5.17. The number of hydrogen-bond donors (Lipinski definition) is 1. The molecule has 0 aliphatic carbocycles. The lowest BCUT2D eigenvalue weighted by Gasteiger charge is -2.18. The minimum atomic E-state index is 0.356. The standard InChI is InChI=1S/C14H23NO/c1-14(2,3)11-15-9-8-12-6-5-7-13(10-12)16-4/h5-7,10,15H,8-9,11H2,1-4H3. The van der Waals surface area contributed by atoms with E-state index in [0.29, 0.717) is 5.41 Å². The lowest BCUT2D eigenvalue weighted by atomic mass is 9.97. The van der Waals surface area contributed by atoms with Crippen LogP contribution in [0.1, 0.15) is 26.3 Å². The summed E-state index contributed by atoms with van der Waals surface area (Å²) in [5.74, 6) is 0.938. The highest BCUT2D eigenvalue weighted by atomic mass is 16.5. The van der Waals surface area contributed by atoms with E-state index >= 15 is 0 Å². The molecule has 2 heteroatoms. The van der Waals surface area contributed by atoms with Crippen LogP contribution in [0.2, 0.25) is 0 Å². The second-order valence-corrected chi connectivity index (χ2v) is 5.34. The van der Waals surface area contributed by atoms with Crippen LogP contribution in [0.5, 0.6) is 5.75 Å². The van der Waals surface area contributed by atoms with Crippen molar-refractivity contribution in [3.8, 4) is 5.75 Å². The minimum Gasteiger partial charge on any atom is -0.497 e. The molecule has 0 unspecified atom stereocenters. The second kappa shape index (κ2) is 5.90. The van der Waals surface area contributed by atoms with Crippen molar-refractivity contribution < 1.29 is 4.74 Å². The molecule has 0 atom stereocenters. The van der Waals surface area contributed by atoms with Crippen LogP contribution < -0.4 is 10.1 Å².